The van der Waals surface area contributed by atoms with E-state index in [0.29, 0.717) is 11.3 Å². The second-order valence-corrected chi connectivity index (χ2v) is 11.6. The van der Waals surface area contributed by atoms with Crippen molar-refractivity contribution >= 4 is 40.6 Å². The number of halogens is 1. The summed E-state index contributed by atoms with van der Waals surface area (Å²) in [5.41, 5.74) is 2.70. The number of hydrogen-bond acceptors (Lipinski definition) is 7. The van der Waals surface area contributed by atoms with Gasteiger partial charge in [-0.3, -0.25) is 14.6 Å². The van der Waals surface area contributed by atoms with Crippen molar-refractivity contribution < 1.29 is 28.6 Å². The number of aromatic nitrogens is 4. The van der Waals surface area contributed by atoms with Crippen LogP contribution in [-0.2, 0) is 9.59 Å². The summed E-state index contributed by atoms with van der Waals surface area (Å²) in [4.78, 5) is 50.2. The van der Waals surface area contributed by atoms with Crippen LogP contribution >= 0.6 is 0 Å². The topological polar surface area (TPSA) is 148 Å². The average Bonchev–Trinajstić information content (AvgIpc) is 3.32. The van der Waals surface area contributed by atoms with Gasteiger partial charge < -0.3 is 25.0 Å². The Morgan fingerprint density at radius 1 is 1.09 bits per heavy atom. The number of aliphatic carboxylic acids is 1. The number of pyridine rings is 1. The van der Waals surface area contributed by atoms with E-state index in [-0.39, 0.29) is 23.4 Å². The molecule has 234 valence electrons. The first kappa shape index (κ1) is 31.3. The number of nitrogens with one attached hydrogen (secondary N) is 2. The van der Waals surface area contributed by atoms with E-state index in [4.69, 9.17) is 9.84 Å². The lowest BCUT2D eigenvalue weighted by atomic mass is 9.95. The molecule has 3 aromatic heterocycles. The number of amides is 2. The zero-order valence-corrected chi connectivity index (χ0v) is 25.6. The maximum Gasteiger partial charge on any atom is 0.328 e. The van der Waals surface area contributed by atoms with Crippen LogP contribution in [0.5, 0.6) is 5.88 Å². The number of hydrogen-bond donors (Lipinski definition) is 3. The van der Waals surface area contributed by atoms with Crippen LogP contribution in [0.4, 0.5) is 10.2 Å². The van der Waals surface area contributed by atoms with E-state index >= 15 is 0 Å². The van der Waals surface area contributed by atoms with Crippen LogP contribution in [0.1, 0.15) is 73.6 Å². The van der Waals surface area contributed by atoms with E-state index in [0.717, 1.165) is 53.9 Å². The summed E-state index contributed by atoms with van der Waals surface area (Å²) in [6, 6.07) is 8.84. The molecule has 0 unspecified atom stereocenters. The van der Waals surface area contributed by atoms with Gasteiger partial charge in [0.1, 0.15) is 17.1 Å². The van der Waals surface area contributed by atoms with Crippen molar-refractivity contribution in [1.29, 1.82) is 0 Å². The molecule has 12 heteroatoms. The summed E-state index contributed by atoms with van der Waals surface area (Å²) in [7, 11) is 1.35. The predicted molar refractivity (Wildman–Crippen MR) is 167 cm³/mol. The minimum atomic E-state index is -1.35. The zero-order valence-electron chi connectivity index (χ0n) is 25.6. The van der Waals surface area contributed by atoms with Crippen LogP contribution < -0.4 is 15.4 Å². The molecule has 11 nitrogen and oxygen atoms in total. The molecule has 0 atom stereocenters. The Balaban J connectivity index is 1.40. The Kier molecular flexibility index (Phi) is 8.94. The molecule has 0 bridgehead atoms. The Morgan fingerprint density at radius 2 is 1.84 bits per heavy atom. The van der Waals surface area contributed by atoms with Gasteiger partial charge in [-0.1, -0.05) is 19.3 Å². The van der Waals surface area contributed by atoms with E-state index in [1.807, 2.05) is 19.1 Å². The molecule has 0 saturated heterocycles. The lowest BCUT2D eigenvalue weighted by molar-refractivity contribution is -0.131. The average molecular weight is 615 g/mol. The van der Waals surface area contributed by atoms with Crippen molar-refractivity contribution in [1.82, 2.24) is 24.8 Å². The molecule has 0 spiro atoms. The van der Waals surface area contributed by atoms with Crippen molar-refractivity contribution in [2.24, 2.45) is 0 Å². The summed E-state index contributed by atoms with van der Waals surface area (Å²) in [6.45, 7) is 5.12. The number of benzene rings is 1. The maximum absolute atomic E-state index is 13.7. The van der Waals surface area contributed by atoms with Crippen LogP contribution in [0, 0.1) is 12.7 Å². The van der Waals surface area contributed by atoms with Crippen LogP contribution in [0.3, 0.4) is 0 Å². The second kappa shape index (κ2) is 12.8. The highest BCUT2D eigenvalue weighted by atomic mass is 19.1. The van der Waals surface area contributed by atoms with Gasteiger partial charge in [0.2, 0.25) is 5.88 Å². The summed E-state index contributed by atoms with van der Waals surface area (Å²) >= 11 is 0. The van der Waals surface area contributed by atoms with Gasteiger partial charge in [-0.05, 0) is 75.6 Å². The van der Waals surface area contributed by atoms with Crippen molar-refractivity contribution in [2.75, 3.05) is 12.4 Å². The Hall–Kier alpha value is -5.13. The smallest absolute Gasteiger partial charge is 0.328 e. The van der Waals surface area contributed by atoms with Gasteiger partial charge in [-0.25, -0.2) is 14.2 Å². The molecule has 3 N–H and O–H groups in total. The summed E-state index contributed by atoms with van der Waals surface area (Å²) < 4.78 is 21.2. The molecule has 1 aromatic carbocycles. The summed E-state index contributed by atoms with van der Waals surface area (Å²) in [6.07, 6.45) is 10.1. The number of methoxy groups -OCH3 is 1. The fourth-order valence-corrected chi connectivity index (χ4v) is 5.71. The van der Waals surface area contributed by atoms with Crippen LogP contribution in [0.2, 0.25) is 0 Å². The van der Waals surface area contributed by atoms with Gasteiger partial charge in [-0.2, -0.15) is 4.98 Å². The van der Waals surface area contributed by atoms with Crippen molar-refractivity contribution in [3.8, 4) is 17.3 Å². The quantitative estimate of drug-likeness (QED) is 0.203. The summed E-state index contributed by atoms with van der Waals surface area (Å²) in [5.74, 6) is -2.47. The number of aryl methyl sites for hydroxylation is 1. The molecule has 45 heavy (non-hydrogen) atoms. The van der Waals surface area contributed by atoms with Gasteiger partial charge in [0.05, 0.1) is 30.9 Å². The Bertz CT molecular complexity index is 1790. The fourth-order valence-electron chi connectivity index (χ4n) is 5.71. The van der Waals surface area contributed by atoms with Crippen molar-refractivity contribution in [3.63, 3.8) is 0 Å². The van der Waals surface area contributed by atoms with Gasteiger partial charge >= 0.3 is 5.97 Å². The number of ether oxygens (including phenoxy) is 1. The van der Waals surface area contributed by atoms with Gasteiger partial charge in [0.25, 0.3) is 11.8 Å². The minimum absolute atomic E-state index is 0.0196. The number of fused-ring (bicyclic) bond motifs is 1. The van der Waals surface area contributed by atoms with E-state index in [2.05, 4.69) is 30.2 Å². The highest BCUT2D eigenvalue weighted by Gasteiger charge is 2.31. The normalized spacial score (nSPS) is 14.1. The number of nitrogens with zero attached hydrogens (tertiary/aromatic N) is 4. The molecular formula is C33H35FN6O5. The van der Waals surface area contributed by atoms with Crippen LogP contribution in [0.25, 0.3) is 28.4 Å². The number of carbonyl (C=O) groups excluding carboxylic acids is 2. The third-order valence-electron chi connectivity index (χ3n) is 8.01. The molecule has 0 aliphatic heterocycles. The molecule has 1 fully saturated rings. The Morgan fingerprint density at radius 3 is 2.51 bits per heavy atom. The van der Waals surface area contributed by atoms with Gasteiger partial charge in [0, 0.05) is 28.6 Å². The number of rotatable bonds is 9. The van der Waals surface area contributed by atoms with Crippen LogP contribution in [0.15, 0.2) is 48.8 Å². The van der Waals surface area contributed by atoms with Crippen molar-refractivity contribution in [2.45, 2.75) is 64.5 Å². The minimum Gasteiger partial charge on any atom is -0.479 e. The summed E-state index contributed by atoms with van der Waals surface area (Å²) in [5, 5.41) is 15.2. The third kappa shape index (κ3) is 6.69. The molecule has 0 radical (unpaired) electrons. The number of carboxylic acids is 1. The predicted octanol–water partition coefficient (Wildman–Crippen LogP) is 5.70. The monoisotopic (exact) mass is 614 g/mol. The molecule has 2 amide bonds. The zero-order chi connectivity index (χ0) is 32.3. The first-order chi connectivity index (χ1) is 21.5. The van der Waals surface area contributed by atoms with Gasteiger partial charge in [0.15, 0.2) is 5.82 Å². The molecule has 1 aliphatic carbocycles. The van der Waals surface area contributed by atoms with Crippen molar-refractivity contribution in [3.05, 3.63) is 71.4 Å². The molecule has 1 aliphatic rings. The number of carboxylic acid groups (broad SMARTS) is 1. The molecular weight excluding hydrogens is 579 g/mol. The standard InChI is InChI=1S/C33H35FN6O5/c1-19-23-16-20(10-14-26(23)40(22-8-6-5-7-9-22)29(19)24-12-11-21(34)17-35-24)30(43)39-33(2,3)32(44)38-27-18-36-25(13-15-28(41)42)31(37-27)45-4/h10-18,22H,5-9H2,1-4H3,(H,39,43)(H,41,42)(H,37,38,44)/b15-13+. The molecule has 1 saturated carbocycles. The third-order valence-corrected chi connectivity index (χ3v) is 8.01. The first-order valence-corrected chi connectivity index (χ1v) is 14.7. The Labute approximate surface area is 259 Å². The maximum atomic E-state index is 13.7. The largest absolute Gasteiger partial charge is 0.479 e. The number of anilines is 1. The lowest BCUT2D eigenvalue weighted by Crippen LogP contribution is -2.52. The highest BCUT2D eigenvalue weighted by Crippen LogP contribution is 2.40. The highest BCUT2D eigenvalue weighted by molar-refractivity contribution is 6.05. The fraction of sp³-hybridized carbons (Fsp3) is 0.333. The second-order valence-electron chi connectivity index (χ2n) is 11.6. The molecule has 4 aromatic rings. The molecule has 3 heterocycles. The van der Waals surface area contributed by atoms with E-state index in [1.165, 1.54) is 38.1 Å². The first-order valence-electron chi connectivity index (χ1n) is 14.7. The van der Waals surface area contributed by atoms with E-state index in [9.17, 15) is 18.8 Å². The molecule has 5 rings (SSSR count). The van der Waals surface area contributed by atoms with Gasteiger partial charge in [-0.15, -0.1) is 0 Å². The van der Waals surface area contributed by atoms with E-state index in [1.54, 1.807) is 26.0 Å². The van der Waals surface area contributed by atoms with E-state index < -0.39 is 29.1 Å². The lowest BCUT2D eigenvalue weighted by Gasteiger charge is -2.27. The SMILES string of the molecule is COc1nc(NC(=O)C(C)(C)NC(=O)c2ccc3c(c2)c(C)c(-c2ccc(F)cn2)n3C2CCCCC2)cnc1/C=C/C(=O)O. The number of carbonyl (C=O) groups is 3. The van der Waals surface area contributed by atoms with Crippen LogP contribution in [-0.4, -0.2) is 55.1 Å².